The van der Waals surface area contributed by atoms with Gasteiger partial charge in [0, 0.05) is 6.42 Å². The Bertz CT molecular complexity index is 123. The van der Waals surface area contributed by atoms with Crippen molar-refractivity contribution in [3.05, 3.63) is 12.7 Å². The maximum atomic E-state index is 12.6. The van der Waals surface area contributed by atoms with E-state index in [9.17, 15) is 8.78 Å². The average Bonchev–Trinajstić information content (AvgIpc) is 1.99. The number of unbranched alkanes of at least 4 members (excludes halogenated alkanes) is 1. The third kappa shape index (κ3) is 3.46. The molecule has 0 aliphatic heterocycles. The molecular formula is C8H13F2O. The lowest BCUT2D eigenvalue weighted by Gasteiger charge is -2.18. The van der Waals surface area contributed by atoms with Crippen molar-refractivity contribution in [2.24, 2.45) is 0 Å². The van der Waals surface area contributed by atoms with E-state index >= 15 is 0 Å². The van der Waals surface area contributed by atoms with Crippen LogP contribution in [0.4, 0.5) is 8.78 Å². The highest BCUT2D eigenvalue weighted by Crippen LogP contribution is 2.25. The second-order valence-corrected chi connectivity index (χ2v) is 2.50. The van der Waals surface area contributed by atoms with E-state index in [1.807, 2.05) is 6.92 Å². The summed E-state index contributed by atoms with van der Waals surface area (Å²) in [6, 6.07) is 0. The van der Waals surface area contributed by atoms with Gasteiger partial charge in [0.05, 0.1) is 0 Å². The number of halogens is 2. The summed E-state index contributed by atoms with van der Waals surface area (Å²) in [7, 11) is 0. The van der Waals surface area contributed by atoms with Crippen LogP contribution in [0.5, 0.6) is 0 Å². The first-order chi connectivity index (χ1) is 5.04. The predicted molar refractivity (Wildman–Crippen MR) is 39.3 cm³/mol. The van der Waals surface area contributed by atoms with Gasteiger partial charge in [0.1, 0.15) is 6.10 Å². The molecule has 0 amide bonds. The molecule has 0 rings (SSSR count). The average molecular weight is 163 g/mol. The fraction of sp³-hybridized carbons (Fsp3) is 0.750. The van der Waals surface area contributed by atoms with Crippen LogP contribution in [0.1, 0.15) is 26.2 Å². The first kappa shape index (κ1) is 10.6. The Morgan fingerprint density at radius 1 is 1.64 bits per heavy atom. The van der Waals surface area contributed by atoms with E-state index in [1.54, 1.807) is 0 Å². The van der Waals surface area contributed by atoms with Crippen molar-refractivity contribution >= 4 is 0 Å². The van der Waals surface area contributed by atoms with Gasteiger partial charge in [-0.1, -0.05) is 26.0 Å². The summed E-state index contributed by atoms with van der Waals surface area (Å²) >= 11 is 0. The van der Waals surface area contributed by atoms with Crippen LogP contribution in [0.3, 0.4) is 0 Å². The molecule has 3 heteroatoms. The Labute approximate surface area is 65.7 Å². The highest BCUT2D eigenvalue weighted by atomic mass is 19.3. The Morgan fingerprint density at radius 2 is 2.18 bits per heavy atom. The van der Waals surface area contributed by atoms with E-state index in [-0.39, 0.29) is 6.42 Å². The van der Waals surface area contributed by atoms with Crippen LogP contribution in [-0.2, 0) is 0 Å². The van der Waals surface area contributed by atoms with Gasteiger partial charge in [-0.15, -0.1) is 0 Å². The lowest BCUT2D eigenvalue weighted by atomic mass is 10.1. The molecule has 65 valence electrons. The van der Waals surface area contributed by atoms with Crippen molar-refractivity contribution in [2.75, 3.05) is 0 Å². The molecule has 0 aromatic rings. The molecule has 1 unspecified atom stereocenters. The summed E-state index contributed by atoms with van der Waals surface area (Å²) in [6.45, 7) is 6.59. The fourth-order valence-electron chi connectivity index (χ4n) is 0.701. The van der Waals surface area contributed by atoms with Gasteiger partial charge >= 0.3 is 0 Å². The number of hydrogen-bond donors (Lipinski definition) is 1. The van der Waals surface area contributed by atoms with Gasteiger partial charge in [-0.3, -0.25) is 0 Å². The summed E-state index contributed by atoms with van der Waals surface area (Å²) in [5.74, 6) is -3.06. The summed E-state index contributed by atoms with van der Waals surface area (Å²) < 4.78 is 25.3. The number of aliphatic hydroxyl groups excluding tert-OH is 1. The lowest BCUT2D eigenvalue weighted by molar-refractivity contribution is -0.0928. The molecule has 1 atom stereocenters. The Morgan fingerprint density at radius 3 is 2.55 bits per heavy atom. The molecule has 11 heavy (non-hydrogen) atoms. The minimum Gasteiger partial charge on any atom is -0.383 e. The maximum Gasteiger partial charge on any atom is 0.277 e. The highest BCUT2D eigenvalue weighted by molar-refractivity contribution is 4.88. The maximum absolute atomic E-state index is 12.6. The van der Waals surface area contributed by atoms with Crippen molar-refractivity contribution in [1.82, 2.24) is 0 Å². The molecule has 0 aliphatic carbocycles. The second-order valence-electron chi connectivity index (χ2n) is 2.50. The molecule has 0 aromatic heterocycles. The molecule has 1 nitrogen and oxygen atoms in total. The molecule has 1 radical (unpaired) electrons. The Kier molecular flexibility index (Phi) is 4.26. The number of hydrogen-bond acceptors (Lipinski definition) is 1. The third-order valence-corrected chi connectivity index (χ3v) is 1.48. The van der Waals surface area contributed by atoms with Gasteiger partial charge < -0.3 is 5.11 Å². The summed E-state index contributed by atoms with van der Waals surface area (Å²) in [4.78, 5) is 0. The number of rotatable bonds is 5. The zero-order valence-corrected chi connectivity index (χ0v) is 6.56. The van der Waals surface area contributed by atoms with E-state index in [2.05, 4.69) is 0 Å². The second kappa shape index (κ2) is 4.44. The molecule has 0 aliphatic rings. The largest absolute Gasteiger partial charge is 0.383 e. The van der Waals surface area contributed by atoms with Crippen LogP contribution in [0.2, 0.25) is 0 Å². The lowest BCUT2D eigenvalue weighted by Crippen LogP contribution is -2.31. The summed E-state index contributed by atoms with van der Waals surface area (Å²) in [5, 5.41) is 8.68. The molecular weight excluding hydrogens is 150 g/mol. The van der Waals surface area contributed by atoms with Gasteiger partial charge in [0.15, 0.2) is 0 Å². The van der Waals surface area contributed by atoms with E-state index in [1.165, 1.54) is 0 Å². The van der Waals surface area contributed by atoms with Crippen molar-refractivity contribution in [3.63, 3.8) is 0 Å². The van der Waals surface area contributed by atoms with Crippen LogP contribution < -0.4 is 0 Å². The Balaban J connectivity index is 3.87. The molecule has 0 heterocycles. The van der Waals surface area contributed by atoms with Gasteiger partial charge in [0.25, 0.3) is 5.92 Å². The normalized spacial score (nSPS) is 14.5. The number of aliphatic hydroxyl groups is 1. The number of alkyl halides is 2. The molecule has 0 saturated heterocycles. The van der Waals surface area contributed by atoms with Gasteiger partial charge in [-0.25, -0.2) is 8.78 Å². The minimum atomic E-state index is -3.06. The van der Waals surface area contributed by atoms with Gasteiger partial charge in [-0.05, 0) is 6.42 Å². The SMILES string of the molecule is [CH]=CC(O)C(F)(F)CCCC. The molecule has 0 fully saturated rings. The smallest absolute Gasteiger partial charge is 0.277 e. The van der Waals surface area contributed by atoms with Crippen LogP contribution >= 0.6 is 0 Å². The van der Waals surface area contributed by atoms with Crippen LogP contribution in [0.15, 0.2) is 6.08 Å². The van der Waals surface area contributed by atoms with Gasteiger partial charge in [0.2, 0.25) is 0 Å². The van der Waals surface area contributed by atoms with E-state index in [0.717, 1.165) is 0 Å². The van der Waals surface area contributed by atoms with Crippen LogP contribution in [0, 0.1) is 6.58 Å². The first-order valence-electron chi connectivity index (χ1n) is 3.65. The monoisotopic (exact) mass is 163 g/mol. The van der Waals surface area contributed by atoms with Crippen molar-refractivity contribution in [3.8, 4) is 0 Å². The van der Waals surface area contributed by atoms with Crippen LogP contribution in [-0.4, -0.2) is 17.1 Å². The summed E-state index contributed by atoms with van der Waals surface area (Å²) in [5.41, 5.74) is 0. The minimum absolute atomic E-state index is 0.307. The van der Waals surface area contributed by atoms with E-state index < -0.39 is 12.0 Å². The molecule has 0 spiro atoms. The zero-order chi connectivity index (χ0) is 8.91. The first-order valence-corrected chi connectivity index (χ1v) is 3.65. The van der Waals surface area contributed by atoms with Crippen molar-refractivity contribution < 1.29 is 13.9 Å². The van der Waals surface area contributed by atoms with Crippen molar-refractivity contribution in [1.29, 1.82) is 0 Å². The predicted octanol–water partition coefficient (Wildman–Crippen LogP) is 2.16. The highest BCUT2D eigenvalue weighted by Gasteiger charge is 2.35. The molecule has 1 N–H and O–H groups in total. The molecule has 0 aromatic carbocycles. The van der Waals surface area contributed by atoms with Crippen molar-refractivity contribution in [2.45, 2.75) is 38.2 Å². The van der Waals surface area contributed by atoms with Gasteiger partial charge in [-0.2, -0.15) is 0 Å². The standard InChI is InChI=1S/C8H13F2O/c1-3-5-6-8(9,10)7(11)4-2/h2,4,7,11H,3,5-6H2,1H3. The van der Waals surface area contributed by atoms with E-state index in [4.69, 9.17) is 11.7 Å². The molecule has 0 bridgehead atoms. The zero-order valence-electron chi connectivity index (χ0n) is 6.56. The fourth-order valence-corrected chi connectivity index (χ4v) is 0.701. The van der Waals surface area contributed by atoms with E-state index in [0.29, 0.717) is 18.9 Å². The molecule has 0 saturated carbocycles. The third-order valence-electron chi connectivity index (χ3n) is 1.48. The quantitative estimate of drug-likeness (QED) is 0.658. The summed E-state index contributed by atoms with van der Waals surface area (Å²) in [6.07, 6.45) is -0.409. The topological polar surface area (TPSA) is 20.2 Å². The van der Waals surface area contributed by atoms with Crippen LogP contribution in [0.25, 0.3) is 0 Å². The Hall–Kier alpha value is -0.440.